The molecule has 1 aromatic heterocycles. The van der Waals surface area contributed by atoms with E-state index in [1.807, 2.05) is 0 Å². The zero-order valence-corrected chi connectivity index (χ0v) is 9.77. The lowest BCUT2D eigenvalue weighted by Crippen LogP contribution is -2.46. The summed E-state index contributed by atoms with van der Waals surface area (Å²) in [4.78, 5) is 16.7. The smallest absolute Gasteiger partial charge is 0.257 e. The van der Waals surface area contributed by atoms with Crippen LogP contribution < -0.4 is 0 Å². The molecule has 6 heteroatoms. The topological polar surface area (TPSA) is 53.4 Å². The van der Waals surface area contributed by atoms with Crippen LogP contribution in [0, 0.1) is 11.8 Å². The number of amides is 1. The molecule has 0 radical (unpaired) electrons. The molecule has 98 valence electrons. The van der Waals surface area contributed by atoms with Crippen LogP contribution in [0.2, 0.25) is 0 Å². The minimum Gasteiger partial charge on any atom is -0.394 e. The predicted octanol–water partition coefficient (Wildman–Crippen LogP) is 1.35. The van der Waals surface area contributed by atoms with E-state index in [4.69, 9.17) is 0 Å². The van der Waals surface area contributed by atoms with Gasteiger partial charge in [-0.1, -0.05) is 0 Å². The molecule has 1 amide bonds. The van der Waals surface area contributed by atoms with E-state index in [1.165, 1.54) is 4.90 Å². The summed E-state index contributed by atoms with van der Waals surface area (Å²) in [6.45, 7) is 0.286. The number of halogens is 2. The summed E-state index contributed by atoms with van der Waals surface area (Å²) in [5.41, 5.74) is -0.331. The molecule has 1 saturated heterocycles. The Morgan fingerprint density at radius 2 is 2.28 bits per heavy atom. The molecule has 1 aromatic rings. The van der Waals surface area contributed by atoms with Gasteiger partial charge < -0.3 is 10.0 Å². The van der Waals surface area contributed by atoms with Crippen LogP contribution in [-0.2, 0) is 0 Å². The predicted molar refractivity (Wildman–Crippen MR) is 59.9 cm³/mol. The van der Waals surface area contributed by atoms with Crippen molar-refractivity contribution in [2.45, 2.75) is 25.3 Å². The van der Waals surface area contributed by atoms with Crippen molar-refractivity contribution in [3.05, 3.63) is 29.6 Å². The molecule has 1 atom stereocenters. The highest BCUT2D eigenvalue weighted by Gasteiger charge is 2.29. The van der Waals surface area contributed by atoms with Crippen LogP contribution in [-0.4, -0.2) is 40.1 Å². The summed E-state index contributed by atoms with van der Waals surface area (Å²) in [6, 6.07) is 0.839. The van der Waals surface area contributed by atoms with Crippen LogP contribution >= 0.6 is 0 Å². The van der Waals surface area contributed by atoms with Crippen LogP contribution in [0.3, 0.4) is 0 Å². The van der Waals surface area contributed by atoms with Crippen molar-refractivity contribution < 1.29 is 18.7 Å². The van der Waals surface area contributed by atoms with Gasteiger partial charge in [0.1, 0.15) is 0 Å². The highest BCUT2D eigenvalue weighted by Crippen LogP contribution is 2.20. The van der Waals surface area contributed by atoms with Crippen LogP contribution in [0.4, 0.5) is 8.78 Å². The average Bonchev–Trinajstić information content (AvgIpc) is 2.41. The fraction of sp³-hybridized carbons (Fsp3) is 0.500. The highest BCUT2D eigenvalue weighted by atomic mass is 19.2. The molecule has 4 nitrogen and oxygen atoms in total. The van der Waals surface area contributed by atoms with E-state index < -0.39 is 17.7 Å². The monoisotopic (exact) mass is 256 g/mol. The molecule has 1 fully saturated rings. The average molecular weight is 256 g/mol. The summed E-state index contributed by atoms with van der Waals surface area (Å²) in [5, 5.41) is 9.21. The third-order valence-corrected chi connectivity index (χ3v) is 3.18. The van der Waals surface area contributed by atoms with E-state index in [0.29, 0.717) is 13.0 Å². The molecule has 2 rings (SSSR count). The number of hydrogen-bond acceptors (Lipinski definition) is 3. The third-order valence-electron chi connectivity index (χ3n) is 3.18. The van der Waals surface area contributed by atoms with Gasteiger partial charge in [-0.25, -0.2) is 9.37 Å². The van der Waals surface area contributed by atoms with Crippen LogP contribution in [0.15, 0.2) is 12.3 Å². The first-order valence-electron chi connectivity index (χ1n) is 5.87. The van der Waals surface area contributed by atoms with Gasteiger partial charge in [0.15, 0.2) is 5.82 Å². The van der Waals surface area contributed by atoms with Crippen molar-refractivity contribution in [2.75, 3.05) is 13.2 Å². The number of pyridine rings is 1. The van der Waals surface area contributed by atoms with E-state index >= 15 is 0 Å². The summed E-state index contributed by atoms with van der Waals surface area (Å²) in [7, 11) is 0. The Labute approximate surface area is 103 Å². The molecule has 0 aromatic carbocycles. The van der Waals surface area contributed by atoms with Crippen LogP contribution in [0.5, 0.6) is 0 Å². The number of aliphatic hydroxyl groups is 1. The second-order valence-corrected chi connectivity index (χ2v) is 4.29. The Balaban J connectivity index is 2.27. The molecule has 1 unspecified atom stereocenters. The minimum atomic E-state index is -1.28. The first-order valence-corrected chi connectivity index (χ1v) is 5.87. The van der Waals surface area contributed by atoms with E-state index in [0.717, 1.165) is 25.1 Å². The second kappa shape index (κ2) is 5.39. The van der Waals surface area contributed by atoms with Crippen molar-refractivity contribution in [2.24, 2.45) is 0 Å². The number of carbonyl (C=O) groups excluding carboxylic acids is 1. The molecule has 1 aliphatic rings. The van der Waals surface area contributed by atoms with Gasteiger partial charge >= 0.3 is 0 Å². The zero-order chi connectivity index (χ0) is 13.1. The molecule has 0 spiro atoms. The SMILES string of the molecule is O=C(c1ccnc(F)c1F)N1CCCCC1CO. The largest absolute Gasteiger partial charge is 0.394 e. The number of piperidine rings is 1. The Morgan fingerprint density at radius 1 is 1.50 bits per heavy atom. The number of aliphatic hydroxyl groups excluding tert-OH is 1. The number of likely N-dealkylation sites (tertiary alicyclic amines) is 1. The van der Waals surface area contributed by atoms with Gasteiger partial charge in [-0.05, 0) is 25.3 Å². The fourth-order valence-electron chi connectivity index (χ4n) is 2.20. The fourth-order valence-corrected chi connectivity index (χ4v) is 2.20. The van der Waals surface area contributed by atoms with Gasteiger partial charge in [-0.3, -0.25) is 4.79 Å². The summed E-state index contributed by atoms with van der Waals surface area (Å²) in [5.74, 6) is -3.10. The molecular weight excluding hydrogens is 242 g/mol. The first-order chi connectivity index (χ1) is 8.65. The van der Waals surface area contributed by atoms with Gasteiger partial charge in [-0.15, -0.1) is 0 Å². The highest BCUT2D eigenvalue weighted by molar-refractivity contribution is 5.94. The van der Waals surface area contributed by atoms with Crippen molar-refractivity contribution >= 4 is 5.91 Å². The van der Waals surface area contributed by atoms with E-state index in [9.17, 15) is 18.7 Å². The normalized spacial score (nSPS) is 19.9. The Hall–Kier alpha value is -1.56. The van der Waals surface area contributed by atoms with E-state index in [-0.39, 0.29) is 18.2 Å². The van der Waals surface area contributed by atoms with Gasteiger partial charge in [0.2, 0.25) is 5.95 Å². The molecule has 1 aliphatic heterocycles. The number of rotatable bonds is 2. The molecule has 0 aliphatic carbocycles. The Kier molecular flexibility index (Phi) is 3.86. The van der Waals surface area contributed by atoms with Gasteiger partial charge in [-0.2, -0.15) is 4.39 Å². The van der Waals surface area contributed by atoms with Crippen molar-refractivity contribution in [1.82, 2.24) is 9.88 Å². The van der Waals surface area contributed by atoms with Crippen LogP contribution in [0.25, 0.3) is 0 Å². The number of carbonyl (C=O) groups is 1. The Bertz CT molecular complexity index is 454. The molecule has 0 saturated carbocycles. The molecular formula is C12H14F2N2O2. The minimum absolute atomic E-state index is 0.166. The number of hydrogen-bond donors (Lipinski definition) is 1. The summed E-state index contributed by atoms with van der Waals surface area (Å²) >= 11 is 0. The Morgan fingerprint density at radius 3 is 3.00 bits per heavy atom. The van der Waals surface area contributed by atoms with Gasteiger partial charge in [0.25, 0.3) is 5.91 Å². The summed E-state index contributed by atoms with van der Waals surface area (Å²) < 4.78 is 26.5. The second-order valence-electron chi connectivity index (χ2n) is 4.29. The van der Waals surface area contributed by atoms with Crippen molar-refractivity contribution in [3.8, 4) is 0 Å². The standard InChI is InChI=1S/C12H14F2N2O2/c13-10-9(4-5-15-11(10)14)12(18)16-6-2-1-3-8(16)7-17/h4-5,8,17H,1-3,6-7H2. The third kappa shape index (κ3) is 2.33. The summed E-state index contributed by atoms with van der Waals surface area (Å²) in [6.07, 6.45) is 3.46. The van der Waals surface area contributed by atoms with E-state index in [1.54, 1.807) is 0 Å². The molecule has 2 heterocycles. The lowest BCUT2D eigenvalue weighted by Gasteiger charge is -2.34. The van der Waals surface area contributed by atoms with Crippen molar-refractivity contribution in [3.63, 3.8) is 0 Å². The maximum atomic E-state index is 13.5. The van der Waals surface area contributed by atoms with Crippen LogP contribution in [0.1, 0.15) is 29.6 Å². The molecule has 0 bridgehead atoms. The maximum Gasteiger partial charge on any atom is 0.257 e. The number of aromatic nitrogens is 1. The molecule has 1 N–H and O–H groups in total. The first kappa shape index (κ1) is 12.9. The zero-order valence-electron chi connectivity index (χ0n) is 9.77. The van der Waals surface area contributed by atoms with E-state index in [2.05, 4.69) is 4.98 Å². The van der Waals surface area contributed by atoms with Gasteiger partial charge in [0.05, 0.1) is 18.2 Å². The maximum absolute atomic E-state index is 13.5. The lowest BCUT2D eigenvalue weighted by molar-refractivity contribution is 0.0497. The number of nitrogens with zero attached hydrogens (tertiary/aromatic N) is 2. The quantitative estimate of drug-likeness (QED) is 0.812. The van der Waals surface area contributed by atoms with Gasteiger partial charge in [0, 0.05) is 12.7 Å². The molecule has 18 heavy (non-hydrogen) atoms. The lowest BCUT2D eigenvalue weighted by atomic mass is 10.0. The van der Waals surface area contributed by atoms with Crippen molar-refractivity contribution in [1.29, 1.82) is 0 Å².